The van der Waals surface area contributed by atoms with Gasteiger partial charge in [0.2, 0.25) is 0 Å². The maximum absolute atomic E-state index is 12.4. The quantitative estimate of drug-likeness (QED) is 0.519. The number of carbonyl (C=O) groups excluding carboxylic acids is 3. The van der Waals surface area contributed by atoms with Crippen LogP contribution < -0.4 is 10.1 Å². The maximum atomic E-state index is 12.4. The first-order valence-corrected chi connectivity index (χ1v) is 8.49. The summed E-state index contributed by atoms with van der Waals surface area (Å²) in [5, 5.41) is 2.37. The van der Waals surface area contributed by atoms with E-state index in [-0.39, 0.29) is 30.1 Å². The summed E-state index contributed by atoms with van der Waals surface area (Å²) in [5.74, 6) is -1.86. The Bertz CT molecular complexity index is 826. The largest absolute Gasteiger partial charge is 0.453 e. The second kappa shape index (κ2) is 10.1. The van der Waals surface area contributed by atoms with Gasteiger partial charge in [-0.3, -0.25) is 14.4 Å². The molecule has 0 radical (unpaired) electrons. The van der Waals surface area contributed by atoms with E-state index in [4.69, 9.17) is 4.74 Å². The van der Waals surface area contributed by atoms with Gasteiger partial charge in [0.05, 0.1) is 12.1 Å². The highest BCUT2D eigenvalue weighted by Gasteiger charge is 2.20. The molecule has 0 fully saturated rings. The minimum Gasteiger partial charge on any atom is -0.453 e. The Morgan fingerprint density at radius 2 is 1.61 bits per heavy atom. The van der Waals surface area contributed by atoms with Crippen molar-refractivity contribution in [3.8, 4) is 5.75 Å². The lowest BCUT2D eigenvalue weighted by atomic mass is 10.1. The molecule has 0 aliphatic rings. The van der Waals surface area contributed by atoms with Gasteiger partial charge >= 0.3 is 12.6 Å². The smallest absolute Gasteiger partial charge is 0.387 e. The molecule has 0 saturated heterocycles. The predicted molar refractivity (Wildman–Crippen MR) is 97.3 cm³/mol. The fraction of sp³-hybridized carbons (Fsp3) is 0.250. The van der Waals surface area contributed by atoms with Crippen LogP contribution in [0.5, 0.6) is 5.75 Å². The van der Waals surface area contributed by atoms with Crippen LogP contribution in [0.3, 0.4) is 0 Å². The number of nitrogens with one attached hydrogen (secondary N) is 1. The number of para-hydroxylation sites is 2. The van der Waals surface area contributed by atoms with Crippen LogP contribution in [0.2, 0.25) is 0 Å². The molecule has 1 amide bonds. The predicted octanol–water partition coefficient (Wildman–Crippen LogP) is 3.82. The van der Waals surface area contributed by atoms with E-state index in [9.17, 15) is 23.2 Å². The molecular weight excluding hydrogens is 372 g/mol. The van der Waals surface area contributed by atoms with Crippen LogP contribution >= 0.6 is 0 Å². The Hall–Kier alpha value is -3.29. The monoisotopic (exact) mass is 391 g/mol. The Labute approximate surface area is 160 Å². The summed E-state index contributed by atoms with van der Waals surface area (Å²) in [4.78, 5) is 36.0. The number of anilines is 1. The van der Waals surface area contributed by atoms with Crippen molar-refractivity contribution in [1.82, 2.24) is 0 Å². The number of ketones is 1. The van der Waals surface area contributed by atoms with E-state index in [0.29, 0.717) is 5.56 Å². The van der Waals surface area contributed by atoms with Crippen molar-refractivity contribution in [2.45, 2.75) is 32.5 Å². The van der Waals surface area contributed by atoms with Crippen LogP contribution in [0.4, 0.5) is 14.5 Å². The van der Waals surface area contributed by atoms with Gasteiger partial charge in [0.15, 0.2) is 11.9 Å². The summed E-state index contributed by atoms with van der Waals surface area (Å²) in [6.07, 6.45) is -1.42. The Morgan fingerprint density at radius 3 is 2.29 bits per heavy atom. The van der Waals surface area contributed by atoms with Crippen LogP contribution in [-0.4, -0.2) is 30.4 Å². The number of hydrogen-bond acceptors (Lipinski definition) is 5. The Kier molecular flexibility index (Phi) is 7.62. The number of rotatable bonds is 9. The second-order valence-electron chi connectivity index (χ2n) is 5.79. The van der Waals surface area contributed by atoms with Gasteiger partial charge in [0.1, 0.15) is 5.75 Å². The number of halogens is 2. The molecule has 0 aliphatic heterocycles. The van der Waals surface area contributed by atoms with Crippen LogP contribution in [0, 0.1) is 0 Å². The molecule has 2 aromatic carbocycles. The number of carbonyl (C=O) groups is 3. The highest BCUT2D eigenvalue weighted by Crippen LogP contribution is 2.25. The topological polar surface area (TPSA) is 81.7 Å². The van der Waals surface area contributed by atoms with Crippen molar-refractivity contribution in [2.24, 2.45) is 0 Å². The van der Waals surface area contributed by atoms with E-state index in [2.05, 4.69) is 10.1 Å². The number of alkyl halides is 2. The number of amides is 1. The molecule has 0 bridgehead atoms. The van der Waals surface area contributed by atoms with Crippen LogP contribution in [-0.2, 0) is 14.3 Å². The maximum Gasteiger partial charge on any atom is 0.387 e. The summed E-state index contributed by atoms with van der Waals surface area (Å²) >= 11 is 0. The molecule has 1 atom stereocenters. The van der Waals surface area contributed by atoms with Gasteiger partial charge in [-0.25, -0.2) is 0 Å². The lowest BCUT2D eigenvalue weighted by Gasteiger charge is -2.15. The van der Waals surface area contributed by atoms with Crippen LogP contribution in [0.15, 0.2) is 54.6 Å². The third kappa shape index (κ3) is 6.46. The third-order valence-electron chi connectivity index (χ3n) is 3.69. The molecule has 0 unspecified atom stereocenters. The Morgan fingerprint density at radius 1 is 0.964 bits per heavy atom. The molecule has 0 spiro atoms. The molecule has 2 aromatic rings. The zero-order valence-corrected chi connectivity index (χ0v) is 15.1. The molecule has 28 heavy (non-hydrogen) atoms. The SMILES string of the molecule is C[C@@H](OC(=O)CCC(=O)c1ccccc1)C(=O)Nc1ccccc1OC(F)F. The first kappa shape index (κ1) is 21.0. The standard InChI is InChI=1S/C20H19F2NO5/c1-13(19(26)23-15-9-5-6-10-17(15)28-20(21)22)27-18(25)12-11-16(24)14-7-3-2-4-8-14/h2-10,13,20H,11-12H2,1H3,(H,23,26)/t13-/m1/s1. The van der Waals surface area contributed by atoms with Gasteiger partial charge in [0, 0.05) is 12.0 Å². The minimum atomic E-state index is -3.05. The molecule has 148 valence electrons. The number of ether oxygens (including phenoxy) is 2. The van der Waals surface area contributed by atoms with Gasteiger partial charge in [-0.2, -0.15) is 8.78 Å². The fourth-order valence-electron chi connectivity index (χ4n) is 2.30. The normalized spacial score (nSPS) is 11.6. The lowest BCUT2D eigenvalue weighted by Crippen LogP contribution is -2.30. The van der Waals surface area contributed by atoms with Gasteiger partial charge in [-0.15, -0.1) is 0 Å². The Balaban J connectivity index is 1.85. The third-order valence-corrected chi connectivity index (χ3v) is 3.69. The highest BCUT2D eigenvalue weighted by molar-refractivity contribution is 5.98. The van der Waals surface area contributed by atoms with E-state index in [1.165, 1.54) is 31.2 Å². The minimum absolute atomic E-state index is 0.0231. The van der Waals surface area contributed by atoms with Gasteiger partial charge in [-0.05, 0) is 19.1 Å². The fourth-order valence-corrected chi connectivity index (χ4v) is 2.30. The van der Waals surface area contributed by atoms with Crippen molar-refractivity contribution < 1.29 is 32.6 Å². The van der Waals surface area contributed by atoms with Crippen molar-refractivity contribution in [2.75, 3.05) is 5.32 Å². The summed E-state index contributed by atoms with van der Waals surface area (Å²) in [6.45, 7) is -1.71. The highest BCUT2D eigenvalue weighted by atomic mass is 19.3. The van der Waals surface area contributed by atoms with E-state index >= 15 is 0 Å². The summed E-state index contributed by atoms with van der Waals surface area (Å²) in [6, 6.07) is 14.1. The summed E-state index contributed by atoms with van der Waals surface area (Å²) in [5.41, 5.74) is 0.506. The van der Waals surface area contributed by atoms with Gasteiger partial charge in [-0.1, -0.05) is 42.5 Å². The first-order valence-electron chi connectivity index (χ1n) is 8.49. The molecule has 2 rings (SSSR count). The van der Waals surface area contributed by atoms with Gasteiger partial charge in [0.25, 0.3) is 5.91 Å². The second-order valence-corrected chi connectivity index (χ2v) is 5.79. The number of hydrogen-bond donors (Lipinski definition) is 1. The molecule has 0 heterocycles. The number of Topliss-reactive ketones (excluding diaryl/α,β-unsaturated/α-hetero) is 1. The molecule has 8 heteroatoms. The molecular formula is C20H19F2NO5. The zero-order valence-electron chi connectivity index (χ0n) is 15.1. The molecule has 0 aliphatic carbocycles. The van der Waals surface area contributed by atoms with Crippen molar-refractivity contribution in [3.63, 3.8) is 0 Å². The van der Waals surface area contributed by atoms with Crippen LogP contribution in [0.1, 0.15) is 30.1 Å². The van der Waals surface area contributed by atoms with Crippen molar-refractivity contribution in [1.29, 1.82) is 0 Å². The summed E-state index contributed by atoms with van der Waals surface area (Å²) < 4.78 is 34.1. The molecule has 6 nitrogen and oxygen atoms in total. The van der Waals surface area contributed by atoms with Crippen LogP contribution in [0.25, 0.3) is 0 Å². The van der Waals surface area contributed by atoms with Crippen molar-refractivity contribution in [3.05, 3.63) is 60.2 Å². The number of esters is 1. The molecule has 0 saturated carbocycles. The van der Waals surface area contributed by atoms with E-state index in [1.54, 1.807) is 30.3 Å². The zero-order chi connectivity index (χ0) is 20.5. The number of benzene rings is 2. The van der Waals surface area contributed by atoms with E-state index in [0.717, 1.165) is 0 Å². The first-order chi connectivity index (χ1) is 13.4. The average Bonchev–Trinajstić information content (AvgIpc) is 2.67. The van der Waals surface area contributed by atoms with Crippen molar-refractivity contribution >= 4 is 23.3 Å². The van der Waals surface area contributed by atoms with E-state index in [1.807, 2.05) is 0 Å². The lowest BCUT2D eigenvalue weighted by molar-refractivity contribution is -0.153. The summed E-state index contributed by atoms with van der Waals surface area (Å²) in [7, 11) is 0. The molecule has 0 aromatic heterocycles. The molecule has 1 N–H and O–H groups in total. The van der Waals surface area contributed by atoms with E-state index < -0.39 is 24.6 Å². The van der Waals surface area contributed by atoms with Gasteiger partial charge < -0.3 is 14.8 Å². The average molecular weight is 391 g/mol.